The van der Waals surface area contributed by atoms with Gasteiger partial charge in [-0.15, -0.1) is 11.3 Å². The van der Waals surface area contributed by atoms with Gasteiger partial charge in [0.15, 0.2) is 0 Å². The maximum Gasteiger partial charge on any atom is 0.0721 e. The Balaban J connectivity index is 2.02. The molecule has 0 aromatic carbocycles. The van der Waals surface area contributed by atoms with E-state index in [0.29, 0.717) is 6.04 Å². The minimum atomic E-state index is 0.674. The van der Waals surface area contributed by atoms with E-state index in [1.165, 1.54) is 16.9 Å². The highest BCUT2D eigenvalue weighted by molar-refractivity contribution is 7.10. The van der Waals surface area contributed by atoms with Crippen molar-refractivity contribution in [1.82, 2.24) is 5.32 Å². The Morgan fingerprint density at radius 1 is 1.64 bits per heavy atom. The Kier molecular flexibility index (Phi) is 3.21. The largest absolute Gasteiger partial charge is 0.380 e. The maximum absolute atomic E-state index is 5.12. The molecule has 0 spiro atoms. The predicted octanol–water partition coefficient (Wildman–Crippen LogP) is 2.36. The lowest BCUT2D eigenvalue weighted by Crippen LogP contribution is -2.16. The number of hydrogen-bond acceptors (Lipinski definition) is 3. The highest BCUT2D eigenvalue weighted by atomic mass is 32.1. The topological polar surface area (TPSA) is 21.3 Å². The molecule has 2 nitrogen and oxygen atoms in total. The fraction of sp³-hybridized carbons (Fsp3) is 0.636. The summed E-state index contributed by atoms with van der Waals surface area (Å²) in [7, 11) is 1.75. The van der Waals surface area contributed by atoms with E-state index in [1.807, 2.05) is 11.3 Å². The molecule has 2 rings (SSSR count). The lowest BCUT2D eigenvalue weighted by atomic mass is 10.0. The van der Waals surface area contributed by atoms with Crippen molar-refractivity contribution in [2.45, 2.75) is 31.9 Å². The van der Waals surface area contributed by atoms with Gasteiger partial charge in [0, 0.05) is 30.5 Å². The molecule has 14 heavy (non-hydrogen) atoms. The molecule has 0 saturated carbocycles. The van der Waals surface area contributed by atoms with Gasteiger partial charge < -0.3 is 10.1 Å². The van der Waals surface area contributed by atoms with E-state index in [9.17, 15) is 0 Å². The predicted molar refractivity (Wildman–Crippen MR) is 59.9 cm³/mol. The van der Waals surface area contributed by atoms with Crippen LogP contribution in [0.1, 0.15) is 29.7 Å². The van der Waals surface area contributed by atoms with Crippen LogP contribution < -0.4 is 5.32 Å². The molecule has 0 amide bonds. The highest BCUT2D eigenvalue weighted by Gasteiger charge is 2.23. The Labute approximate surface area is 89.3 Å². The van der Waals surface area contributed by atoms with E-state index >= 15 is 0 Å². The second-order valence-corrected chi connectivity index (χ2v) is 4.98. The van der Waals surface area contributed by atoms with Crippen LogP contribution in [0.15, 0.2) is 11.4 Å². The average molecular weight is 211 g/mol. The minimum absolute atomic E-state index is 0.674. The standard InChI is InChI=1S/C11H17NOS/c1-8-3-10(5-12-8)11-4-9(6-13-2)7-14-11/h4,7-8,10,12H,3,5-6H2,1-2H3. The van der Waals surface area contributed by atoms with Gasteiger partial charge in [0.2, 0.25) is 0 Å². The molecule has 3 heteroatoms. The molecule has 1 saturated heterocycles. The lowest BCUT2D eigenvalue weighted by molar-refractivity contribution is 0.185. The van der Waals surface area contributed by atoms with Crippen molar-refractivity contribution in [2.75, 3.05) is 13.7 Å². The third kappa shape index (κ3) is 2.16. The summed E-state index contributed by atoms with van der Waals surface area (Å²) in [5.74, 6) is 0.723. The van der Waals surface area contributed by atoms with Gasteiger partial charge in [-0.1, -0.05) is 0 Å². The number of rotatable bonds is 3. The van der Waals surface area contributed by atoms with E-state index < -0.39 is 0 Å². The molecule has 0 aliphatic carbocycles. The van der Waals surface area contributed by atoms with E-state index in [4.69, 9.17) is 4.74 Å². The number of thiophene rings is 1. The Morgan fingerprint density at radius 3 is 3.14 bits per heavy atom. The number of ether oxygens (including phenoxy) is 1. The van der Waals surface area contributed by atoms with Crippen molar-refractivity contribution in [1.29, 1.82) is 0 Å². The normalized spacial score (nSPS) is 27.0. The third-order valence-corrected chi connectivity index (χ3v) is 3.88. The summed E-state index contributed by atoms with van der Waals surface area (Å²) in [6.07, 6.45) is 1.27. The van der Waals surface area contributed by atoms with Gasteiger partial charge in [0.05, 0.1) is 6.61 Å². The fourth-order valence-electron chi connectivity index (χ4n) is 2.00. The zero-order chi connectivity index (χ0) is 9.97. The molecule has 1 aliphatic heterocycles. The molecular weight excluding hydrogens is 194 g/mol. The van der Waals surface area contributed by atoms with Crippen LogP contribution in [0.3, 0.4) is 0 Å². The van der Waals surface area contributed by atoms with E-state index in [-0.39, 0.29) is 0 Å². The first-order valence-corrected chi connectivity index (χ1v) is 5.97. The van der Waals surface area contributed by atoms with Gasteiger partial charge in [0.25, 0.3) is 0 Å². The highest BCUT2D eigenvalue weighted by Crippen LogP contribution is 2.30. The van der Waals surface area contributed by atoms with Crippen LogP contribution >= 0.6 is 11.3 Å². The number of methoxy groups -OCH3 is 1. The monoisotopic (exact) mass is 211 g/mol. The van der Waals surface area contributed by atoms with Crippen molar-refractivity contribution in [3.63, 3.8) is 0 Å². The Morgan fingerprint density at radius 2 is 2.50 bits per heavy atom. The Bertz CT molecular complexity index is 297. The first-order chi connectivity index (χ1) is 6.79. The molecule has 0 bridgehead atoms. The SMILES string of the molecule is COCc1csc(C2CNC(C)C2)c1. The van der Waals surface area contributed by atoms with Crippen molar-refractivity contribution in [3.05, 3.63) is 21.9 Å². The van der Waals surface area contributed by atoms with Crippen molar-refractivity contribution >= 4 is 11.3 Å². The lowest BCUT2D eigenvalue weighted by Gasteiger charge is -2.03. The first-order valence-electron chi connectivity index (χ1n) is 5.09. The van der Waals surface area contributed by atoms with Gasteiger partial charge in [0.1, 0.15) is 0 Å². The van der Waals surface area contributed by atoms with Crippen LogP contribution in [0.2, 0.25) is 0 Å². The average Bonchev–Trinajstić information content (AvgIpc) is 2.74. The molecular formula is C11H17NOS. The van der Waals surface area contributed by atoms with Gasteiger partial charge in [-0.05, 0) is 30.4 Å². The summed E-state index contributed by atoms with van der Waals surface area (Å²) in [5, 5.41) is 5.69. The van der Waals surface area contributed by atoms with E-state index in [0.717, 1.165) is 19.1 Å². The molecule has 2 unspecified atom stereocenters. The summed E-state index contributed by atoms with van der Waals surface area (Å²) in [5.41, 5.74) is 1.31. The van der Waals surface area contributed by atoms with Gasteiger partial charge in [-0.3, -0.25) is 0 Å². The van der Waals surface area contributed by atoms with Crippen molar-refractivity contribution in [3.8, 4) is 0 Å². The molecule has 1 aromatic heterocycles. The van der Waals surface area contributed by atoms with Crippen molar-refractivity contribution < 1.29 is 4.74 Å². The van der Waals surface area contributed by atoms with Crippen LogP contribution in [-0.4, -0.2) is 19.7 Å². The summed E-state index contributed by atoms with van der Waals surface area (Å²) < 4.78 is 5.12. The van der Waals surface area contributed by atoms with E-state index in [1.54, 1.807) is 7.11 Å². The first kappa shape index (κ1) is 10.1. The molecule has 1 N–H and O–H groups in total. The molecule has 1 aromatic rings. The van der Waals surface area contributed by atoms with Gasteiger partial charge >= 0.3 is 0 Å². The number of hydrogen-bond donors (Lipinski definition) is 1. The second-order valence-electron chi connectivity index (χ2n) is 4.03. The fourth-order valence-corrected chi connectivity index (χ4v) is 3.02. The zero-order valence-electron chi connectivity index (χ0n) is 8.75. The van der Waals surface area contributed by atoms with Crippen molar-refractivity contribution in [2.24, 2.45) is 0 Å². The maximum atomic E-state index is 5.12. The molecule has 1 fully saturated rings. The third-order valence-electron chi connectivity index (χ3n) is 2.74. The van der Waals surface area contributed by atoms with Crippen LogP contribution in [0.5, 0.6) is 0 Å². The quantitative estimate of drug-likeness (QED) is 0.828. The minimum Gasteiger partial charge on any atom is -0.380 e. The van der Waals surface area contributed by atoms with Crippen LogP contribution in [0.4, 0.5) is 0 Å². The molecule has 2 heterocycles. The summed E-state index contributed by atoms with van der Waals surface area (Å²) in [4.78, 5) is 1.51. The van der Waals surface area contributed by atoms with Crippen LogP contribution in [0, 0.1) is 0 Å². The molecule has 2 atom stereocenters. The molecule has 78 valence electrons. The van der Waals surface area contributed by atoms with Crippen LogP contribution in [-0.2, 0) is 11.3 Å². The smallest absolute Gasteiger partial charge is 0.0721 e. The van der Waals surface area contributed by atoms with Gasteiger partial charge in [-0.25, -0.2) is 0 Å². The summed E-state index contributed by atoms with van der Waals surface area (Å²) >= 11 is 1.87. The summed E-state index contributed by atoms with van der Waals surface area (Å²) in [6, 6.07) is 2.96. The van der Waals surface area contributed by atoms with Gasteiger partial charge in [-0.2, -0.15) is 0 Å². The zero-order valence-corrected chi connectivity index (χ0v) is 9.56. The second kappa shape index (κ2) is 4.43. The molecule has 1 aliphatic rings. The summed E-state index contributed by atoms with van der Waals surface area (Å²) in [6.45, 7) is 4.13. The number of nitrogens with one attached hydrogen (secondary N) is 1. The van der Waals surface area contributed by atoms with Crippen LogP contribution in [0.25, 0.3) is 0 Å². The Hall–Kier alpha value is -0.380. The molecule has 0 radical (unpaired) electrons. The van der Waals surface area contributed by atoms with E-state index in [2.05, 4.69) is 23.7 Å².